The van der Waals surface area contributed by atoms with Gasteiger partial charge in [0.05, 0.1) is 5.02 Å². The summed E-state index contributed by atoms with van der Waals surface area (Å²) in [5.74, 6) is -0.103. The van der Waals surface area contributed by atoms with Crippen molar-refractivity contribution in [2.45, 2.75) is 13.0 Å². The first-order chi connectivity index (χ1) is 15.8. The summed E-state index contributed by atoms with van der Waals surface area (Å²) >= 11 is 17.2. The second kappa shape index (κ2) is 9.74. The molecular formula is C23H16Cl2FN3O3S. The smallest absolute Gasteiger partial charge is 0.266 e. The van der Waals surface area contributed by atoms with Crippen LogP contribution in [0.2, 0.25) is 10.0 Å². The molecule has 0 bridgehead atoms. The van der Waals surface area contributed by atoms with E-state index < -0.39 is 12.0 Å². The number of benzene rings is 3. The maximum Gasteiger partial charge on any atom is 0.266 e. The summed E-state index contributed by atoms with van der Waals surface area (Å²) in [6.45, 7) is 1.57. The lowest BCUT2D eigenvalue weighted by atomic mass is 10.2. The lowest BCUT2D eigenvalue weighted by Crippen LogP contribution is -2.42. The summed E-state index contributed by atoms with van der Waals surface area (Å²) in [6.07, 6.45) is -0.861. The van der Waals surface area contributed by atoms with Gasteiger partial charge >= 0.3 is 0 Å². The van der Waals surface area contributed by atoms with Gasteiger partial charge in [-0.15, -0.1) is 0 Å². The van der Waals surface area contributed by atoms with Gasteiger partial charge in [0.1, 0.15) is 17.1 Å². The molecule has 33 heavy (non-hydrogen) atoms. The van der Waals surface area contributed by atoms with Gasteiger partial charge in [0, 0.05) is 16.3 Å². The number of nitrogens with zero attached hydrogens (tertiary/aromatic N) is 1. The Morgan fingerprint density at radius 3 is 2.61 bits per heavy atom. The van der Waals surface area contributed by atoms with Crippen LogP contribution in [0.25, 0.3) is 22.6 Å². The molecule has 0 aliphatic heterocycles. The predicted octanol–water partition coefficient (Wildman–Crippen LogP) is 6.22. The zero-order chi connectivity index (χ0) is 23.5. The minimum atomic E-state index is -0.861. The minimum Gasteiger partial charge on any atom is -0.479 e. The number of carbonyl (C=O) groups excluding carboxylic acids is 1. The zero-order valence-corrected chi connectivity index (χ0v) is 19.4. The Balaban J connectivity index is 1.39. The first-order valence-corrected chi connectivity index (χ1v) is 10.8. The molecule has 0 aliphatic carbocycles. The average molecular weight is 504 g/mol. The summed E-state index contributed by atoms with van der Waals surface area (Å²) < 4.78 is 24.5. The molecule has 1 unspecified atom stereocenters. The van der Waals surface area contributed by atoms with Gasteiger partial charge in [-0.05, 0) is 79.8 Å². The molecule has 10 heteroatoms. The Bertz CT molecular complexity index is 1340. The molecule has 1 heterocycles. The second-order valence-electron chi connectivity index (χ2n) is 6.99. The Morgan fingerprint density at radius 1 is 1.12 bits per heavy atom. The fraction of sp³-hybridized carbons (Fsp3) is 0.0870. The van der Waals surface area contributed by atoms with Crippen molar-refractivity contribution in [3.05, 3.63) is 76.5 Å². The molecule has 1 atom stereocenters. The molecule has 4 rings (SSSR count). The van der Waals surface area contributed by atoms with E-state index in [1.807, 2.05) is 0 Å². The van der Waals surface area contributed by atoms with E-state index in [0.717, 1.165) is 0 Å². The zero-order valence-electron chi connectivity index (χ0n) is 17.1. The molecule has 168 valence electrons. The number of anilines is 1. The molecule has 0 saturated heterocycles. The van der Waals surface area contributed by atoms with Gasteiger partial charge in [-0.3, -0.25) is 10.1 Å². The summed E-state index contributed by atoms with van der Waals surface area (Å²) in [5.41, 5.74) is 2.37. The molecule has 0 fully saturated rings. The molecule has 0 radical (unpaired) electrons. The van der Waals surface area contributed by atoms with Crippen LogP contribution in [0, 0.1) is 5.82 Å². The van der Waals surface area contributed by atoms with Crippen LogP contribution in [0.5, 0.6) is 5.75 Å². The van der Waals surface area contributed by atoms with Crippen LogP contribution in [0.15, 0.2) is 65.1 Å². The van der Waals surface area contributed by atoms with E-state index in [1.54, 1.807) is 49.4 Å². The van der Waals surface area contributed by atoms with Crippen molar-refractivity contribution in [3.63, 3.8) is 0 Å². The Hall–Kier alpha value is -3.20. The van der Waals surface area contributed by atoms with Crippen molar-refractivity contribution in [2.75, 3.05) is 5.32 Å². The van der Waals surface area contributed by atoms with Crippen LogP contribution in [-0.4, -0.2) is 22.1 Å². The van der Waals surface area contributed by atoms with Crippen LogP contribution in [0.3, 0.4) is 0 Å². The second-order valence-corrected chi connectivity index (χ2v) is 8.24. The average Bonchev–Trinajstić information content (AvgIpc) is 3.19. The normalized spacial score (nSPS) is 11.8. The third-order valence-electron chi connectivity index (χ3n) is 4.54. The molecule has 0 spiro atoms. The summed E-state index contributed by atoms with van der Waals surface area (Å²) in [4.78, 5) is 16.9. The van der Waals surface area contributed by atoms with Crippen LogP contribution < -0.4 is 15.4 Å². The molecule has 0 aliphatic rings. The standard InChI is InChI=1S/C23H16Cl2FN3O3S/c1-12(31-19-8-4-14(24)10-17(19)25)21(30)29-23(33)27-16-7-9-20-18(11-16)28-22(32-20)13-2-5-15(26)6-3-13/h2-12H,1H3,(H2,27,29,30,33). The maximum atomic E-state index is 13.1. The van der Waals surface area contributed by atoms with E-state index in [2.05, 4.69) is 15.6 Å². The number of ether oxygens (including phenoxy) is 1. The number of nitrogens with one attached hydrogen (secondary N) is 2. The third-order valence-corrected chi connectivity index (χ3v) is 5.27. The Labute approximate surface area is 203 Å². The number of thiocarbonyl (C=S) groups is 1. The van der Waals surface area contributed by atoms with Crippen molar-refractivity contribution in [3.8, 4) is 17.2 Å². The van der Waals surface area contributed by atoms with Gasteiger partial charge < -0.3 is 14.5 Å². The molecule has 1 amide bonds. The largest absolute Gasteiger partial charge is 0.479 e. The van der Waals surface area contributed by atoms with Gasteiger partial charge in [-0.25, -0.2) is 9.37 Å². The number of hydrogen-bond donors (Lipinski definition) is 2. The lowest BCUT2D eigenvalue weighted by molar-refractivity contribution is -0.125. The summed E-state index contributed by atoms with van der Waals surface area (Å²) in [6, 6.07) is 15.7. The van der Waals surface area contributed by atoms with Crippen LogP contribution in [-0.2, 0) is 4.79 Å². The quantitative estimate of drug-likeness (QED) is 0.314. The topological polar surface area (TPSA) is 76.4 Å². The highest BCUT2D eigenvalue weighted by atomic mass is 35.5. The molecule has 4 aromatic rings. The SMILES string of the molecule is CC(Oc1ccc(Cl)cc1Cl)C(=O)NC(=S)Nc1ccc2oc(-c3ccc(F)cc3)nc2c1. The van der Waals surface area contributed by atoms with Gasteiger partial charge in [-0.2, -0.15) is 0 Å². The number of halogens is 3. The highest BCUT2D eigenvalue weighted by molar-refractivity contribution is 7.80. The van der Waals surface area contributed by atoms with Crippen LogP contribution in [0.4, 0.5) is 10.1 Å². The van der Waals surface area contributed by atoms with E-state index in [0.29, 0.717) is 44.0 Å². The number of amides is 1. The van der Waals surface area contributed by atoms with Crippen molar-refractivity contribution in [2.24, 2.45) is 0 Å². The lowest BCUT2D eigenvalue weighted by Gasteiger charge is -2.16. The molecule has 1 aromatic heterocycles. The number of aromatic nitrogens is 1. The minimum absolute atomic E-state index is 0.0826. The fourth-order valence-electron chi connectivity index (χ4n) is 2.91. The number of carbonyl (C=O) groups is 1. The van der Waals surface area contributed by atoms with Gasteiger partial charge in [-0.1, -0.05) is 23.2 Å². The number of rotatable bonds is 5. The van der Waals surface area contributed by atoms with Gasteiger partial charge in [0.2, 0.25) is 5.89 Å². The summed E-state index contributed by atoms with van der Waals surface area (Å²) in [7, 11) is 0. The Morgan fingerprint density at radius 2 is 1.88 bits per heavy atom. The molecule has 3 aromatic carbocycles. The highest BCUT2D eigenvalue weighted by Crippen LogP contribution is 2.28. The van der Waals surface area contributed by atoms with Crippen LogP contribution >= 0.6 is 35.4 Å². The van der Waals surface area contributed by atoms with E-state index in [4.69, 9.17) is 44.6 Å². The Kier molecular flexibility index (Phi) is 6.78. The monoisotopic (exact) mass is 503 g/mol. The van der Waals surface area contributed by atoms with Crippen molar-refractivity contribution >= 4 is 63.2 Å². The van der Waals surface area contributed by atoms with E-state index in [1.165, 1.54) is 18.2 Å². The van der Waals surface area contributed by atoms with E-state index in [9.17, 15) is 9.18 Å². The van der Waals surface area contributed by atoms with Crippen LogP contribution in [0.1, 0.15) is 6.92 Å². The first-order valence-electron chi connectivity index (χ1n) is 9.68. The summed E-state index contributed by atoms with van der Waals surface area (Å²) in [5, 5.41) is 6.34. The van der Waals surface area contributed by atoms with E-state index >= 15 is 0 Å². The third kappa shape index (κ3) is 5.60. The first kappa shape index (κ1) is 23.0. The maximum absolute atomic E-state index is 13.1. The fourth-order valence-corrected chi connectivity index (χ4v) is 3.58. The molecule has 0 saturated carbocycles. The van der Waals surface area contributed by atoms with Crippen molar-refractivity contribution in [1.82, 2.24) is 10.3 Å². The molecular weight excluding hydrogens is 488 g/mol. The number of oxazole rings is 1. The van der Waals surface area contributed by atoms with Crippen molar-refractivity contribution in [1.29, 1.82) is 0 Å². The molecule has 2 N–H and O–H groups in total. The van der Waals surface area contributed by atoms with Gasteiger partial charge in [0.15, 0.2) is 16.8 Å². The molecule has 6 nitrogen and oxygen atoms in total. The number of hydrogen-bond acceptors (Lipinski definition) is 5. The highest BCUT2D eigenvalue weighted by Gasteiger charge is 2.18. The van der Waals surface area contributed by atoms with Crippen molar-refractivity contribution < 1.29 is 18.3 Å². The predicted molar refractivity (Wildman–Crippen MR) is 130 cm³/mol. The number of fused-ring (bicyclic) bond motifs is 1. The van der Waals surface area contributed by atoms with E-state index in [-0.39, 0.29) is 10.9 Å². The van der Waals surface area contributed by atoms with Gasteiger partial charge in [0.25, 0.3) is 5.91 Å².